The molecule has 0 aromatic carbocycles. The summed E-state index contributed by atoms with van der Waals surface area (Å²) in [7, 11) is 0. The van der Waals surface area contributed by atoms with Crippen LogP contribution in [0.4, 0.5) is 0 Å². The SMILES string of the molecule is C.[CH2-]C.[Rf].[Rf].[Rf]. The van der Waals surface area contributed by atoms with Gasteiger partial charge in [0.25, 0.3) is 0 Å². The summed E-state index contributed by atoms with van der Waals surface area (Å²) in [6, 6.07) is 0. The summed E-state index contributed by atoms with van der Waals surface area (Å²) in [6.45, 7) is 5.00. The van der Waals surface area contributed by atoms with Crippen LogP contribution >= 0.6 is 0 Å². The van der Waals surface area contributed by atoms with Gasteiger partial charge in [-0.1, -0.05) is 7.43 Å². The molecule has 3 heteroatoms. The summed E-state index contributed by atoms with van der Waals surface area (Å²) in [5, 5.41) is 0. The van der Waals surface area contributed by atoms with E-state index in [1.165, 1.54) is 0 Å². The minimum Gasteiger partial charge on any atom is -0.346 e. The Morgan fingerprint density at radius 3 is 0.833 bits per heavy atom. The van der Waals surface area contributed by atoms with Gasteiger partial charge in [-0.15, -0.1) is 0 Å². The van der Waals surface area contributed by atoms with Crippen LogP contribution < -0.4 is 0 Å². The second kappa shape index (κ2) is 0.222. The molecule has 6 heavy (non-hydrogen) atoms. The van der Waals surface area contributed by atoms with Crippen LogP contribution in [-0.4, -0.2) is 0 Å². The first-order valence-electron chi connectivity index (χ1n) is 0.707. The molecule has 0 saturated carbocycles. The van der Waals surface area contributed by atoms with E-state index in [1.54, 1.807) is 6.92 Å². The number of hydrogen-bond donors (Lipinski definition) is 0. The Kier molecular flexibility index (Phi) is 0.111. The van der Waals surface area contributed by atoms with Crippen LogP contribution in [0.1, 0.15) is 14.4 Å². The molecule has 0 spiro atoms. The molecule has 0 fully saturated rings. The summed E-state index contributed by atoms with van der Waals surface area (Å²) >= 11 is 0. The molecule has 0 N–H and O–H groups in total. The molecular formula is C3H9Rf3-. The number of rotatable bonds is 0. The molecule has 0 amide bonds. The van der Waals surface area contributed by atoms with Crippen molar-refractivity contribution in [2.24, 2.45) is 0 Å². The van der Waals surface area contributed by atoms with Crippen LogP contribution in [0.3, 0.4) is 0 Å². The summed E-state index contributed by atoms with van der Waals surface area (Å²) < 4.78 is 0. The van der Waals surface area contributed by atoms with Crippen molar-refractivity contribution < 1.29 is 0 Å². The summed E-state index contributed by atoms with van der Waals surface area (Å²) in [5.74, 6) is 0. The van der Waals surface area contributed by atoms with E-state index in [0.29, 0.717) is 0 Å². The Morgan fingerprint density at radius 2 is 0.833 bits per heavy atom. The monoisotopic (exact) mass is 846 g/mol. The molecule has 28 valence electrons. The van der Waals surface area contributed by atoms with Gasteiger partial charge < -0.3 is 6.92 Å². The van der Waals surface area contributed by atoms with E-state index in [0.717, 1.165) is 0 Å². The minimum absolute atomic E-state index is 0. The molecule has 0 atom stereocenters. The van der Waals surface area contributed by atoms with Crippen molar-refractivity contribution in [1.29, 1.82) is 0 Å². The Hall–Kier alpha value is -3.00. The van der Waals surface area contributed by atoms with Crippen molar-refractivity contribution in [2.75, 3.05) is 0 Å². The predicted molar refractivity (Wildman–Crippen MR) is 17.8 cm³/mol. The van der Waals surface area contributed by atoms with E-state index < -0.39 is 0 Å². The van der Waals surface area contributed by atoms with Gasteiger partial charge in [0.1, 0.15) is 0 Å². The fourth-order valence-electron chi connectivity index (χ4n) is 0. The molecule has 0 unspecified atom stereocenters. The summed E-state index contributed by atoms with van der Waals surface area (Å²) in [6.07, 6.45) is 0. The van der Waals surface area contributed by atoms with E-state index in [2.05, 4.69) is 6.92 Å². The second-order valence-corrected chi connectivity index (χ2v) is 0. The Balaban J connectivity index is -0.000000000833. The van der Waals surface area contributed by atoms with Crippen molar-refractivity contribution in [2.45, 2.75) is 14.4 Å². The van der Waals surface area contributed by atoms with Gasteiger partial charge in [0.05, 0.1) is 0 Å². The molecule has 0 saturated heterocycles. The third-order valence-electron chi connectivity index (χ3n) is 0. The third-order valence-corrected chi connectivity index (χ3v) is 0. The van der Waals surface area contributed by atoms with Crippen LogP contribution in [0, 0.1) is 6.92 Å². The second-order valence-electron chi connectivity index (χ2n) is 0. The van der Waals surface area contributed by atoms with Crippen molar-refractivity contribution >= 4 is 0 Å². The summed E-state index contributed by atoms with van der Waals surface area (Å²) in [4.78, 5) is 0. The first kappa shape index (κ1) is 3.00. The van der Waals surface area contributed by atoms with Crippen molar-refractivity contribution in [3.63, 3.8) is 0 Å². The molecule has 0 aromatic heterocycles. The maximum Gasteiger partial charge on any atom is 0 e. The average Bonchev–Trinajstić information content (AvgIpc) is 1.00. The molecule has 0 aliphatic rings. The molecular weight excluding hydrogens is 837 g/mol. The molecule has 0 aromatic rings. The van der Waals surface area contributed by atoms with Crippen LogP contribution in [0.5, 0.6) is 0 Å². The Morgan fingerprint density at radius 1 is 0.833 bits per heavy atom. The normalized spacial score (nSPS) is 1.00. The van der Waals surface area contributed by atoms with E-state index in [9.17, 15) is 0 Å². The topological polar surface area (TPSA) is 0 Å². The maximum absolute atomic E-state index is 3.25. The Labute approximate surface area is 22.5 Å². The van der Waals surface area contributed by atoms with E-state index in [4.69, 9.17) is 0 Å². The third kappa shape index (κ3) is 0. The maximum atomic E-state index is 3.25. The van der Waals surface area contributed by atoms with Crippen LogP contribution in [0.25, 0.3) is 0 Å². The zero-order valence-electron chi connectivity index (χ0n) is 3.83. The Bertz CT molecular complexity index is 6.00. The van der Waals surface area contributed by atoms with Crippen molar-refractivity contribution in [3.8, 4) is 0 Å². The average molecular weight is 846 g/mol. The molecule has 0 radical (unpaired) electrons. The van der Waals surface area contributed by atoms with E-state index >= 15 is 0 Å². The van der Waals surface area contributed by atoms with Gasteiger partial charge in [0.2, 0.25) is 0 Å². The smallest absolute Gasteiger partial charge is 0 e. The van der Waals surface area contributed by atoms with Crippen LogP contribution in [0.2, 0.25) is 0 Å². The van der Waals surface area contributed by atoms with Gasteiger partial charge in [0, 0.05) is 0 Å². The van der Waals surface area contributed by atoms with Gasteiger partial charge in [-0.3, -0.25) is 0 Å². The zero-order valence-corrected chi connectivity index (χ0v) is 23.0. The first-order valence-corrected chi connectivity index (χ1v) is 0.707. The largest absolute Gasteiger partial charge is 0.346 e. The molecule has 0 heterocycles. The van der Waals surface area contributed by atoms with Gasteiger partial charge in [-0.25, -0.2) is 0 Å². The van der Waals surface area contributed by atoms with Gasteiger partial charge in [0.15, 0.2) is 0 Å². The quantitative estimate of drug-likeness (QED) is 0.325. The molecule has 0 aliphatic carbocycles. The molecule has 0 nitrogen and oxygen atoms in total. The van der Waals surface area contributed by atoms with Gasteiger partial charge in [-0.2, -0.15) is 6.92 Å². The molecule has 0 bridgehead atoms. The van der Waals surface area contributed by atoms with E-state index in [-0.39, 0.29) is 7.43 Å². The van der Waals surface area contributed by atoms with Crippen LogP contribution in [0.15, 0.2) is 0 Å². The predicted octanol–water partition coefficient (Wildman–Crippen LogP) is 1.48. The first-order chi connectivity index (χ1) is 1.00. The standard InChI is InChI=1S/C2H5.CH4.3Rf/c1-2;;;;/h1H2,2H3;1H4;;;/q-1;;;;. The molecule has 0 aliphatic heterocycles. The minimum atomic E-state index is 0. The number of hydrogen-bond acceptors (Lipinski definition) is 0. The van der Waals surface area contributed by atoms with Gasteiger partial charge in [-0.05, 0) is 0 Å². The zero-order chi connectivity index (χ0) is 2.00. The van der Waals surface area contributed by atoms with Gasteiger partial charge >= 0.3 is 0 Å². The van der Waals surface area contributed by atoms with Crippen molar-refractivity contribution in [1.82, 2.24) is 0 Å². The van der Waals surface area contributed by atoms with Crippen molar-refractivity contribution in [3.05, 3.63) is 6.92 Å². The fourth-order valence-corrected chi connectivity index (χ4v) is 0. The fraction of sp³-hybridized carbons (Fsp3) is 0.667. The van der Waals surface area contributed by atoms with E-state index in [1.807, 2.05) is 0 Å². The summed E-state index contributed by atoms with van der Waals surface area (Å²) in [5.41, 5.74) is 0. The molecule has 0 rings (SSSR count). The van der Waals surface area contributed by atoms with Crippen LogP contribution in [-0.2, 0) is 0 Å².